The molecule has 2 rings (SSSR count). The Kier molecular flexibility index (Phi) is 2.87. The van der Waals surface area contributed by atoms with Gasteiger partial charge in [-0.25, -0.2) is 0 Å². The highest BCUT2D eigenvalue weighted by Gasteiger charge is 2.09. The smallest absolute Gasteiger partial charge is 0.201 e. The Balaban J connectivity index is 2.38. The Bertz CT molecular complexity index is 504. The first-order valence-electron chi connectivity index (χ1n) is 4.55. The van der Waals surface area contributed by atoms with Crippen molar-refractivity contribution >= 4 is 17.0 Å². The van der Waals surface area contributed by atoms with E-state index in [2.05, 4.69) is 5.18 Å². The molecule has 82 valence electrons. The van der Waals surface area contributed by atoms with E-state index in [4.69, 9.17) is 4.74 Å². The number of hydrogen-bond donors (Lipinski definition) is 1. The molecule has 16 heavy (non-hydrogen) atoms. The highest BCUT2D eigenvalue weighted by molar-refractivity contribution is 7.17. The van der Waals surface area contributed by atoms with Crippen LogP contribution in [0.5, 0.6) is 10.8 Å². The molecule has 0 aliphatic heterocycles. The number of aromatic hydroxyl groups is 1. The van der Waals surface area contributed by atoms with E-state index >= 15 is 0 Å². The third kappa shape index (κ3) is 1.90. The fraction of sp³-hybridized carbons (Fsp3) is 0.0909. The minimum absolute atomic E-state index is 0.0548. The van der Waals surface area contributed by atoms with E-state index in [-0.39, 0.29) is 10.8 Å². The van der Waals surface area contributed by atoms with Crippen LogP contribution < -0.4 is 4.74 Å². The predicted octanol–water partition coefficient (Wildman–Crippen LogP) is 3.53. The van der Waals surface area contributed by atoms with Gasteiger partial charge in [-0.05, 0) is 41.1 Å². The molecule has 0 fully saturated rings. The lowest BCUT2D eigenvalue weighted by atomic mass is 10.2. The SMILES string of the molecule is COc1ccc(-c2cc(N=O)c(O)s2)cc1. The Morgan fingerprint density at radius 2 is 2.00 bits per heavy atom. The molecule has 1 aromatic carbocycles. The van der Waals surface area contributed by atoms with E-state index in [1.54, 1.807) is 13.2 Å². The average molecular weight is 235 g/mol. The summed E-state index contributed by atoms with van der Waals surface area (Å²) in [6.45, 7) is 0. The van der Waals surface area contributed by atoms with Crippen LogP contribution in [0.3, 0.4) is 0 Å². The number of methoxy groups -OCH3 is 1. The van der Waals surface area contributed by atoms with E-state index in [1.165, 1.54) is 0 Å². The molecule has 0 radical (unpaired) electrons. The van der Waals surface area contributed by atoms with Crippen LogP contribution in [0.15, 0.2) is 35.5 Å². The molecule has 0 amide bonds. The van der Waals surface area contributed by atoms with Gasteiger partial charge in [0.2, 0.25) is 5.06 Å². The molecule has 1 aromatic heterocycles. The number of nitrogens with zero attached hydrogens (tertiary/aromatic N) is 1. The van der Waals surface area contributed by atoms with Gasteiger partial charge >= 0.3 is 0 Å². The van der Waals surface area contributed by atoms with Crippen molar-refractivity contribution in [2.45, 2.75) is 0 Å². The summed E-state index contributed by atoms with van der Waals surface area (Å²) < 4.78 is 5.04. The van der Waals surface area contributed by atoms with Gasteiger partial charge < -0.3 is 9.84 Å². The monoisotopic (exact) mass is 235 g/mol. The first-order valence-corrected chi connectivity index (χ1v) is 5.37. The van der Waals surface area contributed by atoms with Crippen molar-refractivity contribution in [3.8, 4) is 21.3 Å². The third-order valence-corrected chi connectivity index (χ3v) is 3.14. The highest BCUT2D eigenvalue weighted by atomic mass is 32.1. The number of nitroso groups, excluding NO2 is 1. The summed E-state index contributed by atoms with van der Waals surface area (Å²) in [5, 5.41) is 12.1. The quantitative estimate of drug-likeness (QED) is 0.828. The lowest BCUT2D eigenvalue weighted by Gasteiger charge is -2.00. The molecular formula is C11H9NO3S. The van der Waals surface area contributed by atoms with Crippen LogP contribution in [0, 0.1) is 4.91 Å². The molecule has 0 saturated carbocycles. The van der Waals surface area contributed by atoms with Crippen molar-refractivity contribution in [2.24, 2.45) is 5.18 Å². The maximum absolute atomic E-state index is 10.3. The van der Waals surface area contributed by atoms with E-state index in [1.807, 2.05) is 24.3 Å². The molecule has 0 unspecified atom stereocenters. The number of ether oxygens (including phenoxy) is 1. The van der Waals surface area contributed by atoms with E-state index in [0.29, 0.717) is 0 Å². The highest BCUT2D eigenvalue weighted by Crippen LogP contribution is 2.41. The molecule has 0 atom stereocenters. The number of thiophene rings is 1. The lowest BCUT2D eigenvalue weighted by Crippen LogP contribution is -1.81. The van der Waals surface area contributed by atoms with Gasteiger partial charge in [-0.2, -0.15) is 0 Å². The van der Waals surface area contributed by atoms with Gasteiger partial charge in [0.05, 0.1) is 7.11 Å². The number of hydrogen-bond acceptors (Lipinski definition) is 5. The van der Waals surface area contributed by atoms with E-state index in [0.717, 1.165) is 27.5 Å². The molecule has 0 aliphatic rings. The summed E-state index contributed by atoms with van der Waals surface area (Å²) in [5.74, 6) is 0.762. The third-order valence-electron chi connectivity index (χ3n) is 2.17. The van der Waals surface area contributed by atoms with Crippen molar-refractivity contribution in [2.75, 3.05) is 7.11 Å². The minimum atomic E-state index is -0.0548. The van der Waals surface area contributed by atoms with Crippen molar-refractivity contribution < 1.29 is 9.84 Å². The molecule has 4 nitrogen and oxygen atoms in total. The molecule has 0 saturated heterocycles. The first kappa shape index (κ1) is 10.6. The van der Waals surface area contributed by atoms with E-state index in [9.17, 15) is 10.0 Å². The van der Waals surface area contributed by atoms with Crippen LogP contribution in [-0.4, -0.2) is 12.2 Å². The van der Waals surface area contributed by atoms with Crippen LogP contribution in [0.4, 0.5) is 5.69 Å². The Hall–Kier alpha value is -1.88. The van der Waals surface area contributed by atoms with Crippen molar-refractivity contribution in [3.05, 3.63) is 35.2 Å². The zero-order valence-corrected chi connectivity index (χ0v) is 9.32. The molecular weight excluding hydrogens is 226 g/mol. The second-order valence-electron chi connectivity index (χ2n) is 3.12. The molecule has 0 spiro atoms. The Morgan fingerprint density at radius 3 is 2.50 bits per heavy atom. The predicted molar refractivity (Wildman–Crippen MR) is 63.4 cm³/mol. The summed E-state index contributed by atoms with van der Waals surface area (Å²) in [4.78, 5) is 11.1. The van der Waals surface area contributed by atoms with Crippen molar-refractivity contribution in [1.29, 1.82) is 0 Å². The van der Waals surface area contributed by atoms with Gasteiger partial charge in [0.25, 0.3) is 0 Å². The molecule has 1 heterocycles. The Labute approximate surface area is 96.1 Å². The standard InChI is InChI=1S/C11H9NO3S/c1-15-8-4-2-7(3-5-8)10-6-9(12-14)11(13)16-10/h2-6,13H,1H3. The van der Waals surface area contributed by atoms with Gasteiger partial charge in [0, 0.05) is 4.88 Å². The number of rotatable bonds is 3. The van der Waals surface area contributed by atoms with Crippen LogP contribution in [0.25, 0.3) is 10.4 Å². The van der Waals surface area contributed by atoms with E-state index < -0.39 is 0 Å². The molecule has 0 aliphatic carbocycles. The molecule has 1 N–H and O–H groups in total. The van der Waals surface area contributed by atoms with Crippen LogP contribution in [-0.2, 0) is 0 Å². The van der Waals surface area contributed by atoms with Crippen LogP contribution >= 0.6 is 11.3 Å². The van der Waals surface area contributed by atoms with Crippen molar-refractivity contribution in [3.63, 3.8) is 0 Å². The van der Waals surface area contributed by atoms with Crippen LogP contribution in [0.2, 0.25) is 0 Å². The summed E-state index contributed by atoms with van der Waals surface area (Å²) in [6, 6.07) is 8.92. The first-order chi connectivity index (χ1) is 7.74. The lowest BCUT2D eigenvalue weighted by molar-refractivity contribution is 0.415. The summed E-state index contributed by atoms with van der Waals surface area (Å²) >= 11 is 1.13. The van der Waals surface area contributed by atoms with Gasteiger partial charge in [-0.1, -0.05) is 11.3 Å². The summed E-state index contributed by atoms with van der Waals surface area (Å²) in [7, 11) is 1.60. The minimum Gasteiger partial charge on any atom is -0.498 e. The van der Waals surface area contributed by atoms with Gasteiger partial charge in [-0.15, -0.1) is 4.91 Å². The second-order valence-corrected chi connectivity index (χ2v) is 4.15. The molecule has 2 aromatic rings. The van der Waals surface area contributed by atoms with Crippen LogP contribution in [0.1, 0.15) is 0 Å². The second kappa shape index (κ2) is 4.32. The molecule has 0 bridgehead atoms. The summed E-state index contributed by atoms with van der Waals surface area (Å²) in [5.41, 5.74) is 0.992. The van der Waals surface area contributed by atoms with Gasteiger partial charge in [0.1, 0.15) is 5.75 Å². The fourth-order valence-corrected chi connectivity index (χ4v) is 2.17. The van der Waals surface area contributed by atoms with Gasteiger partial charge in [0.15, 0.2) is 5.69 Å². The fourth-order valence-electron chi connectivity index (χ4n) is 1.33. The normalized spacial score (nSPS) is 10.1. The number of benzene rings is 1. The largest absolute Gasteiger partial charge is 0.498 e. The zero-order chi connectivity index (χ0) is 11.5. The average Bonchev–Trinajstić information content (AvgIpc) is 2.71. The van der Waals surface area contributed by atoms with Gasteiger partial charge in [-0.3, -0.25) is 0 Å². The molecule has 5 heteroatoms. The topological polar surface area (TPSA) is 58.9 Å². The Morgan fingerprint density at radius 1 is 1.31 bits per heavy atom. The summed E-state index contributed by atoms with van der Waals surface area (Å²) in [6.07, 6.45) is 0. The van der Waals surface area contributed by atoms with Crippen molar-refractivity contribution in [1.82, 2.24) is 0 Å². The zero-order valence-electron chi connectivity index (χ0n) is 8.51. The maximum atomic E-state index is 10.3. The maximum Gasteiger partial charge on any atom is 0.201 e.